The number of hydrogen-bond donors (Lipinski definition) is 0. The van der Waals surface area contributed by atoms with Gasteiger partial charge < -0.3 is 0 Å². The molecule has 0 aliphatic rings. The molecular formula is C14H20ClN3O. The Kier molecular flexibility index (Phi) is 5.48. The summed E-state index contributed by atoms with van der Waals surface area (Å²) in [5.74, 6) is 0.889. The Morgan fingerprint density at radius 3 is 2.32 bits per heavy atom. The molecule has 0 radical (unpaired) electrons. The number of carbonyl (C=O) groups excluding carboxylic acids is 1. The SMILES string of the molecule is CC(=O)C(C)C.CC(C)c1cn2nc(Cl)ccc2n1. The van der Waals surface area contributed by atoms with Crippen molar-refractivity contribution in [2.45, 2.75) is 40.5 Å². The Labute approximate surface area is 118 Å². The molecule has 0 aliphatic heterocycles. The van der Waals surface area contributed by atoms with Gasteiger partial charge in [0.25, 0.3) is 0 Å². The largest absolute Gasteiger partial charge is 0.300 e. The first kappa shape index (κ1) is 15.6. The molecule has 0 saturated carbocycles. The average Bonchev–Trinajstić information content (AvgIpc) is 2.72. The van der Waals surface area contributed by atoms with Gasteiger partial charge in [-0.2, -0.15) is 5.10 Å². The number of ketones is 1. The molecule has 19 heavy (non-hydrogen) atoms. The Hall–Kier alpha value is -1.42. The zero-order valence-electron chi connectivity index (χ0n) is 12.0. The molecule has 0 aromatic carbocycles. The molecule has 4 nitrogen and oxygen atoms in total. The monoisotopic (exact) mass is 281 g/mol. The van der Waals surface area contributed by atoms with Crippen LogP contribution in [0.5, 0.6) is 0 Å². The first-order valence-electron chi connectivity index (χ1n) is 6.33. The molecule has 0 amide bonds. The summed E-state index contributed by atoms with van der Waals surface area (Å²) in [6.07, 6.45) is 1.91. The molecule has 0 unspecified atom stereocenters. The topological polar surface area (TPSA) is 47.3 Å². The van der Waals surface area contributed by atoms with Crippen LogP contribution in [-0.4, -0.2) is 20.4 Å². The van der Waals surface area contributed by atoms with Gasteiger partial charge in [0.1, 0.15) is 10.9 Å². The van der Waals surface area contributed by atoms with Crippen LogP contribution in [0.15, 0.2) is 18.3 Å². The third kappa shape index (κ3) is 4.63. The van der Waals surface area contributed by atoms with Gasteiger partial charge in [0.05, 0.1) is 11.9 Å². The van der Waals surface area contributed by atoms with Crippen molar-refractivity contribution in [2.24, 2.45) is 5.92 Å². The maximum atomic E-state index is 10.1. The molecule has 2 aromatic rings. The number of hydrogen-bond acceptors (Lipinski definition) is 3. The van der Waals surface area contributed by atoms with Crippen molar-refractivity contribution in [1.82, 2.24) is 14.6 Å². The molecule has 0 N–H and O–H groups in total. The van der Waals surface area contributed by atoms with E-state index in [1.54, 1.807) is 17.5 Å². The lowest BCUT2D eigenvalue weighted by Gasteiger charge is -1.94. The maximum absolute atomic E-state index is 10.1. The van der Waals surface area contributed by atoms with Crippen molar-refractivity contribution in [2.75, 3.05) is 0 Å². The molecule has 2 rings (SSSR count). The van der Waals surface area contributed by atoms with E-state index in [4.69, 9.17) is 11.6 Å². The van der Waals surface area contributed by atoms with Gasteiger partial charge in [-0.25, -0.2) is 9.50 Å². The maximum Gasteiger partial charge on any atom is 0.153 e. The molecule has 0 aliphatic carbocycles. The van der Waals surface area contributed by atoms with Gasteiger partial charge in [-0.1, -0.05) is 39.3 Å². The highest BCUT2D eigenvalue weighted by molar-refractivity contribution is 6.29. The van der Waals surface area contributed by atoms with Crippen LogP contribution in [0.25, 0.3) is 5.65 Å². The molecule has 0 atom stereocenters. The number of rotatable bonds is 2. The van der Waals surface area contributed by atoms with Crippen molar-refractivity contribution in [3.05, 3.63) is 29.2 Å². The van der Waals surface area contributed by atoms with Gasteiger partial charge in [0, 0.05) is 5.92 Å². The Bertz CT molecular complexity index is 561. The van der Waals surface area contributed by atoms with E-state index in [2.05, 4.69) is 23.9 Å². The van der Waals surface area contributed by atoms with E-state index in [9.17, 15) is 4.79 Å². The summed E-state index contributed by atoms with van der Waals surface area (Å²) >= 11 is 5.75. The number of Topliss-reactive ketones (excluding diaryl/α,β-unsaturated/α-hetero) is 1. The lowest BCUT2D eigenvalue weighted by molar-refractivity contribution is -0.119. The van der Waals surface area contributed by atoms with Crippen LogP contribution in [0.1, 0.15) is 46.2 Å². The molecule has 0 bridgehead atoms. The zero-order chi connectivity index (χ0) is 14.6. The first-order chi connectivity index (χ1) is 8.81. The van der Waals surface area contributed by atoms with E-state index in [1.807, 2.05) is 26.1 Å². The van der Waals surface area contributed by atoms with E-state index in [0.29, 0.717) is 11.1 Å². The molecule has 5 heteroatoms. The lowest BCUT2D eigenvalue weighted by atomic mass is 10.1. The molecule has 0 saturated heterocycles. The second-order valence-electron chi connectivity index (χ2n) is 5.04. The van der Waals surface area contributed by atoms with Crippen LogP contribution in [-0.2, 0) is 4.79 Å². The van der Waals surface area contributed by atoms with Crippen molar-refractivity contribution >= 4 is 23.0 Å². The molecule has 2 aromatic heterocycles. The number of imidazole rings is 1. The highest BCUT2D eigenvalue weighted by Gasteiger charge is 2.05. The minimum Gasteiger partial charge on any atom is -0.300 e. The van der Waals surface area contributed by atoms with Crippen LogP contribution in [0.4, 0.5) is 0 Å². The van der Waals surface area contributed by atoms with Crippen LogP contribution in [0.3, 0.4) is 0 Å². The highest BCUT2D eigenvalue weighted by atomic mass is 35.5. The van der Waals surface area contributed by atoms with Gasteiger partial charge in [0.15, 0.2) is 5.65 Å². The summed E-state index contributed by atoms with van der Waals surface area (Å²) in [7, 11) is 0. The second kappa shape index (κ2) is 6.66. The van der Waals surface area contributed by atoms with E-state index in [0.717, 1.165) is 11.3 Å². The first-order valence-corrected chi connectivity index (χ1v) is 6.71. The summed E-state index contributed by atoms with van der Waals surface area (Å²) in [6, 6.07) is 3.61. The molecule has 0 spiro atoms. The summed E-state index contributed by atoms with van der Waals surface area (Å²) < 4.78 is 1.71. The predicted molar refractivity (Wildman–Crippen MR) is 77.6 cm³/mol. The van der Waals surface area contributed by atoms with E-state index in [-0.39, 0.29) is 11.7 Å². The van der Waals surface area contributed by atoms with Gasteiger partial charge in [0.2, 0.25) is 0 Å². The average molecular weight is 282 g/mol. The fourth-order valence-electron chi connectivity index (χ4n) is 1.16. The van der Waals surface area contributed by atoms with Crippen molar-refractivity contribution in [3.63, 3.8) is 0 Å². The Balaban J connectivity index is 0.000000258. The second-order valence-corrected chi connectivity index (χ2v) is 5.43. The fraction of sp³-hybridized carbons (Fsp3) is 0.500. The summed E-state index contributed by atoms with van der Waals surface area (Å²) in [5.41, 5.74) is 1.88. The third-order valence-corrected chi connectivity index (χ3v) is 2.91. The number of halogens is 1. The normalized spacial score (nSPS) is 10.7. The third-order valence-electron chi connectivity index (χ3n) is 2.71. The Morgan fingerprint density at radius 1 is 1.26 bits per heavy atom. The van der Waals surface area contributed by atoms with Gasteiger partial charge in [-0.3, -0.25) is 4.79 Å². The molecular weight excluding hydrogens is 262 g/mol. The van der Waals surface area contributed by atoms with Crippen molar-refractivity contribution < 1.29 is 4.79 Å². The number of nitrogens with zero attached hydrogens (tertiary/aromatic N) is 3. The summed E-state index contributed by atoms with van der Waals surface area (Å²) in [5, 5.41) is 4.58. The van der Waals surface area contributed by atoms with Crippen LogP contribution in [0, 0.1) is 5.92 Å². The smallest absolute Gasteiger partial charge is 0.153 e. The van der Waals surface area contributed by atoms with Gasteiger partial charge >= 0.3 is 0 Å². The molecule has 0 fully saturated rings. The van der Waals surface area contributed by atoms with Crippen LogP contribution < -0.4 is 0 Å². The van der Waals surface area contributed by atoms with Crippen LogP contribution in [0.2, 0.25) is 5.15 Å². The Morgan fingerprint density at radius 2 is 1.84 bits per heavy atom. The minimum absolute atomic E-state index is 0.213. The lowest BCUT2D eigenvalue weighted by Crippen LogP contribution is -1.98. The van der Waals surface area contributed by atoms with E-state index < -0.39 is 0 Å². The van der Waals surface area contributed by atoms with Gasteiger partial charge in [-0.15, -0.1) is 0 Å². The molecule has 2 heterocycles. The number of carbonyl (C=O) groups is 1. The zero-order valence-corrected chi connectivity index (χ0v) is 12.8. The van der Waals surface area contributed by atoms with Gasteiger partial charge in [-0.05, 0) is 25.0 Å². The number of fused-ring (bicyclic) bond motifs is 1. The highest BCUT2D eigenvalue weighted by Crippen LogP contribution is 2.14. The fourth-order valence-corrected chi connectivity index (χ4v) is 1.30. The standard InChI is InChI=1S/C9H10ClN3.C5H10O/c1-6(2)7-5-13-9(11-7)4-3-8(10)12-13;1-4(2)5(3)6/h3-6H,1-2H3;4H,1-3H3. The predicted octanol–water partition coefficient (Wildman–Crippen LogP) is 3.74. The summed E-state index contributed by atoms with van der Waals surface area (Å²) in [6.45, 7) is 9.59. The minimum atomic E-state index is 0.213. The van der Waals surface area contributed by atoms with Crippen molar-refractivity contribution in [3.8, 4) is 0 Å². The quantitative estimate of drug-likeness (QED) is 0.842. The van der Waals surface area contributed by atoms with Crippen molar-refractivity contribution in [1.29, 1.82) is 0 Å². The molecule has 104 valence electrons. The number of aromatic nitrogens is 3. The van der Waals surface area contributed by atoms with Crippen LogP contribution >= 0.6 is 11.6 Å². The van der Waals surface area contributed by atoms with E-state index in [1.165, 1.54) is 0 Å². The van der Waals surface area contributed by atoms with E-state index >= 15 is 0 Å². The summed E-state index contributed by atoms with van der Waals surface area (Å²) in [4.78, 5) is 14.5.